The molecule has 0 heterocycles. The summed E-state index contributed by atoms with van der Waals surface area (Å²) in [6, 6.07) is 19.9. The minimum absolute atomic E-state index is 0.354. The maximum atomic E-state index is 13.0. The van der Waals surface area contributed by atoms with Gasteiger partial charge in [-0.3, -0.25) is 9.59 Å². The maximum absolute atomic E-state index is 13.0. The second-order valence-electron chi connectivity index (χ2n) is 6.93. The second-order valence-corrected chi connectivity index (χ2v) is 8.68. The maximum Gasteiger partial charge on any atom is 0.256 e. The first kappa shape index (κ1) is 22.4. The van der Waals surface area contributed by atoms with Crippen molar-refractivity contribution in [2.75, 3.05) is 10.6 Å². The van der Waals surface area contributed by atoms with Gasteiger partial charge in [-0.15, -0.1) is 0 Å². The minimum atomic E-state index is -0.354. The van der Waals surface area contributed by atoms with E-state index < -0.39 is 0 Å². The lowest BCUT2D eigenvalue weighted by Crippen LogP contribution is -2.15. The number of hydrogen-bond acceptors (Lipinski definition) is 2. The fraction of sp³-hybridized carbons (Fsp3) is 0. The first-order chi connectivity index (χ1) is 15.3. The van der Waals surface area contributed by atoms with Gasteiger partial charge in [0.15, 0.2) is 0 Å². The Morgan fingerprint density at radius 1 is 0.531 bits per heavy atom. The molecule has 2 amide bonds. The number of hydrogen-bond donors (Lipinski definition) is 2. The first-order valence-corrected chi connectivity index (χ1v) is 10.9. The average molecular weight is 504 g/mol. The lowest BCUT2D eigenvalue weighted by atomic mass is 9.98. The fourth-order valence-corrected chi connectivity index (χ4v) is 4.40. The van der Waals surface area contributed by atoms with E-state index in [1.807, 2.05) is 0 Å². The van der Waals surface area contributed by atoms with E-state index in [0.29, 0.717) is 53.4 Å². The van der Waals surface area contributed by atoms with Crippen LogP contribution in [0.15, 0.2) is 72.8 Å². The van der Waals surface area contributed by atoms with E-state index in [1.54, 1.807) is 72.8 Å². The molecule has 0 unspecified atom stereocenters. The summed E-state index contributed by atoms with van der Waals surface area (Å²) in [6.45, 7) is 0. The molecule has 0 spiro atoms. The number of carbonyl (C=O) groups is 2. The van der Waals surface area contributed by atoms with Gasteiger partial charge >= 0.3 is 0 Å². The topological polar surface area (TPSA) is 58.2 Å². The molecule has 0 bridgehead atoms. The Kier molecular flexibility index (Phi) is 6.58. The highest BCUT2D eigenvalue weighted by molar-refractivity contribution is 6.36. The van der Waals surface area contributed by atoms with Crippen LogP contribution < -0.4 is 10.6 Å². The number of amides is 2. The van der Waals surface area contributed by atoms with Crippen LogP contribution in [-0.4, -0.2) is 11.8 Å². The predicted octanol–water partition coefficient (Wildman–Crippen LogP) is 7.96. The third-order valence-electron chi connectivity index (χ3n) is 4.65. The molecular formula is C24H14Cl4N2O2. The zero-order valence-electron chi connectivity index (χ0n) is 16.3. The van der Waals surface area contributed by atoms with Gasteiger partial charge in [-0.05, 0) is 59.3 Å². The monoisotopic (exact) mass is 502 g/mol. The fourth-order valence-electron chi connectivity index (χ4n) is 3.34. The summed E-state index contributed by atoms with van der Waals surface area (Å²) in [5, 5.41) is 8.46. The molecule has 0 aliphatic rings. The van der Waals surface area contributed by atoms with Crippen molar-refractivity contribution in [2.24, 2.45) is 0 Å². The molecule has 0 saturated carbocycles. The van der Waals surface area contributed by atoms with E-state index in [-0.39, 0.29) is 11.8 Å². The quantitative estimate of drug-likeness (QED) is 0.296. The third kappa shape index (κ3) is 5.00. The van der Waals surface area contributed by atoms with Crippen molar-refractivity contribution in [3.05, 3.63) is 104 Å². The smallest absolute Gasteiger partial charge is 0.256 e. The van der Waals surface area contributed by atoms with Crippen molar-refractivity contribution >= 4 is 80.4 Å². The Morgan fingerprint density at radius 2 is 0.875 bits per heavy atom. The summed E-state index contributed by atoms with van der Waals surface area (Å²) in [5.74, 6) is -0.707. The van der Waals surface area contributed by atoms with Crippen LogP contribution in [-0.2, 0) is 0 Å². The van der Waals surface area contributed by atoms with E-state index in [1.165, 1.54) is 0 Å². The van der Waals surface area contributed by atoms with E-state index in [0.717, 1.165) is 0 Å². The Hall–Kier alpha value is -2.76. The second kappa shape index (κ2) is 9.39. The molecule has 0 saturated heterocycles. The van der Waals surface area contributed by atoms with E-state index >= 15 is 0 Å². The zero-order valence-corrected chi connectivity index (χ0v) is 19.3. The minimum Gasteiger partial charge on any atom is -0.322 e. The number of benzene rings is 4. The average Bonchev–Trinajstić information content (AvgIpc) is 2.71. The SMILES string of the molecule is O=C(Nc1cc(Cl)cc(Cl)c1)c1ccc(C(=O)Nc2cc(Cl)cc(Cl)c2)c2ccccc12. The Morgan fingerprint density at radius 3 is 1.22 bits per heavy atom. The molecule has 160 valence electrons. The van der Waals surface area contributed by atoms with Crippen LogP contribution in [0, 0.1) is 0 Å². The molecule has 2 N–H and O–H groups in total. The molecule has 4 aromatic rings. The number of halogens is 4. The third-order valence-corrected chi connectivity index (χ3v) is 5.53. The summed E-state index contributed by atoms with van der Waals surface area (Å²) in [5.41, 5.74) is 1.74. The first-order valence-electron chi connectivity index (χ1n) is 9.37. The van der Waals surface area contributed by atoms with Crippen molar-refractivity contribution in [3.63, 3.8) is 0 Å². The highest BCUT2D eigenvalue weighted by atomic mass is 35.5. The largest absolute Gasteiger partial charge is 0.322 e. The summed E-state index contributed by atoms with van der Waals surface area (Å²) >= 11 is 24.1. The molecule has 4 rings (SSSR count). The number of carbonyl (C=O) groups excluding carboxylic acids is 2. The number of anilines is 2. The molecule has 0 fully saturated rings. The highest BCUT2D eigenvalue weighted by Gasteiger charge is 2.17. The van der Waals surface area contributed by atoms with Crippen LogP contribution in [0.2, 0.25) is 20.1 Å². The van der Waals surface area contributed by atoms with Gasteiger partial charge in [-0.2, -0.15) is 0 Å². The van der Waals surface area contributed by atoms with E-state index in [2.05, 4.69) is 10.6 Å². The molecule has 4 aromatic carbocycles. The van der Waals surface area contributed by atoms with E-state index in [4.69, 9.17) is 46.4 Å². The van der Waals surface area contributed by atoms with Crippen LogP contribution in [0.1, 0.15) is 20.7 Å². The lowest BCUT2D eigenvalue weighted by Gasteiger charge is -2.13. The molecule has 0 aliphatic heterocycles. The summed E-state index contributed by atoms with van der Waals surface area (Å²) in [6.07, 6.45) is 0. The Bertz CT molecular complexity index is 1230. The normalized spacial score (nSPS) is 10.8. The summed E-state index contributed by atoms with van der Waals surface area (Å²) in [7, 11) is 0. The standard InChI is InChI=1S/C24H14Cl4N2O2/c25-13-7-14(26)10-17(9-13)29-23(31)21-5-6-22(20-4-2-1-3-19(20)21)24(32)30-18-11-15(27)8-16(28)12-18/h1-12H,(H,29,31)(H,30,32). The van der Waals surface area contributed by atoms with Crippen LogP contribution in [0.5, 0.6) is 0 Å². The van der Waals surface area contributed by atoms with Crippen LogP contribution >= 0.6 is 46.4 Å². The van der Waals surface area contributed by atoms with Gasteiger partial charge in [0.2, 0.25) is 0 Å². The van der Waals surface area contributed by atoms with Gasteiger partial charge < -0.3 is 10.6 Å². The van der Waals surface area contributed by atoms with Gasteiger partial charge in [-0.25, -0.2) is 0 Å². The van der Waals surface area contributed by atoms with Gasteiger partial charge in [0.05, 0.1) is 0 Å². The predicted molar refractivity (Wildman–Crippen MR) is 133 cm³/mol. The van der Waals surface area contributed by atoms with Crippen molar-refractivity contribution in [1.82, 2.24) is 0 Å². The van der Waals surface area contributed by atoms with Crippen LogP contribution in [0.3, 0.4) is 0 Å². The van der Waals surface area contributed by atoms with E-state index in [9.17, 15) is 9.59 Å². The molecule has 4 nitrogen and oxygen atoms in total. The molecule has 32 heavy (non-hydrogen) atoms. The summed E-state index contributed by atoms with van der Waals surface area (Å²) in [4.78, 5) is 25.9. The Labute approximate surface area is 204 Å². The molecule has 0 aliphatic carbocycles. The lowest BCUT2D eigenvalue weighted by molar-refractivity contribution is 0.101. The molecule has 0 radical (unpaired) electrons. The van der Waals surface area contributed by atoms with Crippen molar-refractivity contribution in [3.8, 4) is 0 Å². The van der Waals surface area contributed by atoms with Gasteiger partial charge in [-0.1, -0.05) is 70.7 Å². The highest BCUT2D eigenvalue weighted by Crippen LogP contribution is 2.28. The number of nitrogens with one attached hydrogen (secondary N) is 2. The molecular weight excluding hydrogens is 490 g/mol. The number of rotatable bonds is 4. The Balaban J connectivity index is 1.68. The molecule has 8 heteroatoms. The van der Waals surface area contributed by atoms with Crippen molar-refractivity contribution in [2.45, 2.75) is 0 Å². The zero-order chi connectivity index (χ0) is 22.8. The molecule has 0 aromatic heterocycles. The summed E-state index contributed by atoms with van der Waals surface area (Å²) < 4.78 is 0. The van der Waals surface area contributed by atoms with Crippen molar-refractivity contribution in [1.29, 1.82) is 0 Å². The van der Waals surface area contributed by atoms with Gasteiger partial charge in [0, 0.05) is 42.6 Å². The van der Waals surface area contributed by atoms with Crippen LogP contribution in [0.25, 0.3) is 10.8 Å². The number of fused-ring (bicyclic) bond motifs is 1. The van der Waals surface area contributed by atoms with Gasteiger partial charge in [0.1, 0.15) is 0 Å². The van der Waals surface area contributed by atoms with Crippen LogP contribution in [0.4, 0.5) is 11.4 Å². The molecule has 0 atom stereocenters. The van der Waals surface area contributed by atoms with Crippen molar-refractivity contribution < 1.29 is 9.59 Å². The van der Waals surface area contributed by atoms with Gasteiger partial charge in [0.25, 0.3) is 11.8 Å².